The van der Waals surface area contributed by atoms with Gasteiger partial charge in [-0.05, 0) is 44.7 Å². The van der Waals surface area contributed by atoms with Gasteiger partial charge in [-0.25, -0.2) is 8.42 Å². The minimum atomic E-state index is -3.42. The van der Waals surface area contributed by atoms with Gasteiger partial charge in [-0.2, -0.15) is 0 Å². The fraction of sp³-hybridized carbons (Fsp3) is 0.667. The number of nitrogens with one attached hydrogen (secondary N) is 1. The molecular weight excluding hydrogens is 376 g/mol. The van der Waals surface area contributed by atoms with Crippen molar-refractivity contribution in [2.24, 2.45) is 11.3 Å². The number of hydrogen-bond acceptors (Lipinski definition) is 4. The van der Waals surface area contributed by atoms with Gasteiger partial charge in [-0.1, -0.05) is 33.1 Å². The molecule has 0 atom stereocenters. The topological polar surface area (TPSA) is 75.7 Å². The number of rotatable bonds is 5. The van der Waals surface area contributed by atoms with Crippen LogP contribution in [-0.2, 0) is 14.8 Å². The third-order valence-corrected chi connectivity index (χ3v) is 7.33. The summed E-state index contributed by atoms with van der Waals surface area (Å²) in [5.74, 6) is 0.870. The van der Waals surface area contributed by atoms with Gasteiger partial charge in [-0.3, -0.25) is 9.52 Å². The van der Waals surface area contributed by atoms with Crippen molar-refractivity contribution < 1.29 is 17.9 Å². The summed E-state index contributed by atoms with van der Waals surface area (Å²) >= 11 is 0. The Morgan fingerprint density at radius 2 is 1.89 bits per heavy atom. The lowest BCUT2D eigenvalue weighted by Gasteiger charge is -2.29. The van der Waals surface area contributed by atoms with Gasteiger partial charge in [0.25, 0.3) is 0 Å². The summed E-state index contributed by atoms with van der Waals surface area (Å²) in [5.41, 5.74) is 0.543. The van der Waals surface area contributed by atoms with E-state index in [1.807, 2.05) is 13.8 Å². The van der Waals surface area contributed by atoms with Gasteiger partial charge >= 0.3 is 0 Å². The molecular formula is C21H32N2O4S. The molecule has 0 bridgehead atoms. The summed E-state index contributed by atoms with van der Waals surface area (Å²) in [6, 6.07) is 5.22. The number of sulfonamides is 1. The average molecular weight is 409 g/mol. The van der Waals surface area contributed by atoms with Crippen molar-refractivity contribution in [3.8, 4) is 5.75 Å². The molecule has 1 N–H and O–H groups in total. The van der Waals surface area contributed by atoms with Gasteiger partial charge in [0.05, 0.1) is 22.0 Å². The van der Waals surface area contributed by atoms with Crippen LogP contribution in [0.4, 0.5) is 11.4 Å². The second-order valence-electron chi connectivity index (χ2n) is 9.07. The van der Waals surface area contributed by atoms with Crippen LogP contribution in [0.25, 0.3) is 0 Å². The third-order valence-electron chi connectivity index (χ3n) is 5.46. The molecule has 1 amide bonds. The fourth-order valence-electron chi connectivity index (χ4n) is 3.88. The Balaban J connectivity index is 1.89. The molecule has 1 aliphatic carbocycles. The molecule has 2 aliphatic rings. The Labute approximate surface area is 168 Å². The molecule has 28 heavy (non-hydrogen) atoms. The number of fused-ring (bicyclic) bond motifs is 1. The summed E-state index contributed by atoms with van der Waals surface area (Å²) in [4.78, 5) is 14.8. The molecule has 1 aromatic carbocycles. The van der Waals surface area contributed by atoms with Gasteiger partial charge in [0.15, 0.2) is 0 Å². The molecule has 1 fully saturated rings. The maximum absolute atomic E-state index is 13.0. The molecule has 0 aromatic heterocycles. The van der Waals surface area contributed by atoms with Crippen LogP contribution in [0.3, 0.4) is 0 Å². The second kappa shape index (κ2) is 7.93. The SMILES string of the molecule is CC(C)CN1C(=O)C(C)(C)COc2cc(NS(=O)(=O)C3CCCCC3)ccc21. The number of ether oxygens (including phenoxy) is 1. The minimum absolute atomic E-state index is 0.0236. The van der Waals surface area contributed by atoms with Crippen molar-refractivity contribution in [3.05, 3.63) is 18.2 Å². The minimum Gasteiger partial charge on any atom is -0.490 e. The first kappa shape index (κ1) is 21.0. The quantitative estimate of drug-likeness (QED) is 0.793. The van der Waals surface area contributed by atoms with E-state index in [-0.39, 0.29) is 17.8 Å². The van der Waals surface area contributed by atoms with Crippen LogP contribution in [0, 0.1) is 11.3 Å². The van der Waals surface area contributed by atoms with Crippen molar-refractivity contribution in [1.82, 2.24) is 0 Å². The average Bonchev–Trinajstić information content (AvgIpc) is 2.72. The van der Waals surface area contributed by atoms with E-state index in [2.05, 4.69) is 18.6 Å². The summed E-state index contributed by atoms with van der Waals surface area (Å²) in [6.45, 7) is 8.73. The van der Waals surface area contributed by atoms with Crippen molar-refractivity contribution >= 4 is 27.3 Å². The molecule has 0 unspecified atom stereocenters. The number of anilines is 2. The van der Waals surface area contributed by atoms with E-state index >= 15 is 0 Å². The Hall–Kier alpha value is -1.76. The van der Waals surface area contributed by atoms with E-state index in [9.17, 15) is 13.2 Å². The zero-order valence-corrected chi connectivity index (χ0v) is 18.1. The highest BCUT2D eigenvalue weighted by atomic mass is 32.2. The molecule has 1 heterocycles. The van der Waals surface area contributed by atoms with E-state index in [4.69, 9.17) is 4.74 Å². The molecule has 7 heteroatoms. The van der Waals surface area contributed by atoms with Gasteiger partial charge in [0, 0.05) is 12.6 Å². The highest BCUT2D eigenvalue weighted by Crippen LogP contribution is 2.39. The maximum Gasteiger partial charge on any atom is 0.236 e. The van der Waals surface area contributed by atoms with Crippen molar-refractivity contribution in [2.45, 2.75) is 65.0 Å². The molecule has 6 nitrogen and oxygen atoms in total. The number of nitrogens with zero attached hydrogens (tertiary/aromatic N) is 1. The number of amides is 1. The number of benzene rings is 1. The zero-order chi connectivity index (χ0) is 20.5. The highest BCUT2D eigenvalue weighted by molar-refractivity contribution is 7.93. The third kappa shape index (κ3) is 4.45. The Morgan fingerprint density at radius 3 is 2.54 bits per heavy atom. The highest BCUT2D eigenvalue weighted by Gasteiger charge is 2.38. The van der Waals surface area contributed by atoms with Gasteiger partial charge < -0.3 is 9.64 Å². The first-order chi connectivity index (χ1) is 13.1. The second-order valence-corrected chi connectivity index (χ2v) is 11.0. The normalized spacial score (nSPS) is 20.5. The Morgan fingerprint density at radius 1 is 1.21 bits per heavy atom. The fourth-order valence-corrected chi connectivity index (χ4v) is 5.46. The first-order valence-electron chi connectivity index (χ1n) is 10.2. The van der Waals surface area contributed by atoms with Gasteiger partial charge in [0.1, 0.15) is 12.4 Å². The van der Waals surface area contributed by atoms with Crippen LogP contribution in [0.15, 0.2) is 18.2 Å². The smallest absolute Gasteiger partial charge is 0.236 e. The summed E-state index contributed by atoms with van der Waals surface area (Å²) in [6.07, 6.45) is 4.44. The predicted molar refractivity (Wildman–Crippen MR) is 112 cm³/mol. The Bertz CT molecular complexity index is 827. The molecule has 156 valence electrons. The monoisotopic (exact) mass is 408 g/mol. The first-order valence-corrected chi connectivity index (χ1v) is 11.8. The van der Waals surface area contributed by atoms with Crippen LogP contribution >= 0.6 is 0 Å². The zero-order valence-electron chi connectivity index (χ0n) is 17.3. The lowest BCUT2D eigenvalue weighted by atomic mass is 9.92. The standard InChI is InChI=1S/C21H32N2O4S/c1-15(2)13-23-18-11-10-16(12-19(18)27-14-21(3,4)20(23)24)22-28(25,26)17-8-6-5-7-9-17/h10-12,15,17,22H,5-9,13-14H2,1-4H3. The number of carbonyl (C=O) groups is 1. The molecule has 0 radical (unpaired) electrons. The Kier molecular flexibility index (Phi) is 5.94. The van der Waals surface area contributed by atoms with Crippen LogP contribution < -0.4 is 14.4 Å². The van der Waals surface area contributed by atoms with E-state index in [0.29, 0.717) is 42.4 Å². The van der Waals surface area contributed by atoms with E-state index in [0.717, 1.165) is 19.3 Å². The van der Waals surface area contributed by atoms with E-state index in [1.54, 1.807) is 23.1 Å². The van der Waals surface area contributed by atoms with Crippen LogP contribution in [0.1, 0.15) is 59.8 Å². The van der Waals surface area contributed by atoms with E-state index in [1.165, 1.54) is 0 Å². The van der Waals surface area contributed by atoms with Crippen molar-refractivity contribution in [2.75, 3.05) is 22.8 Å². The number of carbonyl (C=O) groups excluding carboxylic acids is 1. The molecule has 0 saturated heterocycles. The predicted octanol–water partition coefficient (Wildman–Crippen LogP) is 4.17. The van der Waals surface area contributed by atoms with Crippen molar-refractivity contribution in [1.29, 1.82) is 0 Å². The van der Waals surface area contributed by atoms with Crippen LogP contribution in [0.2, 0.25) is 0 Å². The van der Waals surface area contributed by atoms with E-state index < -0.39 is 15.4 Å². The molecule has 1 aliphatic heterocycles. The summed E-state index contributed by atoms with van der Waals surface area (Å²) in [7, 11) is -3.42. The lowest BCUT2D eigenvalue weighted by Crippen LogP contribution is -2.43. The van der Waals surface area contributed by atoms with Crippen molar-refractivity contribution in [3.63, 3.8) is 0 Å². The lowest BCUT2D eigenvalue weighted by molar-refractivity contribution is -0.127. The maximum atomic E-state index is 13.0. The largest absolute Gasteiger partial charge is 0.490 e. The van der Waals surface area contributed by atoms with Gasteiger partial charge in [0.2, 0.25) is 15.9 Å². The van der Waals surface area contributed by atoms with Crippen LogP contribution in [0.5, 0.6) is 5.75 Å². The van der Waals surface area contributed by atoms with Gasteiger partial charge in [-0.15, -0.1) is 0 Å². The molecule has 3 rings (SSSR count). The summed E-state index contributed by atoms with van der Waals surface area (Å²) < 4.78 is 34.2. The molecule has 0 spiro atoms. The molecule has 1 saturated carbocycles. The van der Waals surface area contributed by atoms with Crippen LogP contribution in [-0.4, -0.2) is 32.7 Å². The number of hydrogen-bond donors (Lipinski definition) is 1. The summed E-state index contributed by atoms with van der Waals surface area (Å²) in [5, 5.41) is -0.334. The molecule has 1 aromatic rings.